The molecular formula is C30H28N4O2. The fourth-order valence-corrected chi connectivity index (χ4v) is 4.23. The molecule has 0 radical (unpaired) electrons. The average Bonchev–Trinajstić information content (AvgIpc) is 3.37. The molecule has 0 fully saturated rings. The van der Waals surface area contributed by atoms with Crippen LogP contribution in [0.5, 0.6) is 5.75 Å². The maximum atomic E-state index is 13.3. The highest BCUT2D eigenvalue weighted by molar-refractivity contribution is 5.94. The van der Waals surface area contributed by atoms with Crippen LogP contribution in [-0.4, -0.2) is 33.7 Å². The van der Waals surface area contributed by atoms with E-state index in [2.05, 4.69) is 22.4 Å². The summed E-state index contributed by atoms with van der Waals surface area (Å²) >= 11 is 0. The summed E-state index contributed by atoms with van der Waals surface area (Å²) in [6.07, 6.45) is 1.73. The number of carbonyl (C=O) groups is 1. The zero-order chi connectivity index (χ0) is 24.9. The maximum absolute atomic E-state index is 13.3. The van der Waals surface area contributed by atoms with Gasteiger partial charge in [-0.15, -0.1) is 0 Å². The van der Waals surface area contributed by atoms with Gasteiger partial charge in [0.15, 0.2) is 5.65 Å². The molecule has 0 bridgehead atoms. The molecule has 6 nitrogen and oxygen atoms in total. The van der Waals surface area contributed by atoms with E-state index >= 15 is 0 Å². The van der Waals surface area contributed by atoms with Crippen LogP contribution < -0.4 is 10.1 Å². The standard InChI is InChI=1S/C30H28N4O2/c1-21(16-17-22-10-5-3-6-11-22)31-30(35)27-19-28(24-14-9-15-25(18-24)36-2)34-29(32-27)20-26(33-34)23-12-7-4-8-13-23/h3-15,18-21H,16-17H2,1-2H3,(H,31,35). The number of fused-ring (bicyclic) bond motifs is 1. The highest BCUT2D eigenvalue weighted by atomic mass is 16.5. The second-order valence-electron chi connectivity index (χ2n) is 8.82. The quantitative estimate of drug-likeness (QED) is 0.306. The zero-order valence-electron chi connectivity index (χ0n) is 20.4. The van der Waals surface area contributed by atoms with Crippen molar-refractivity contribution in [3.05, 3.63) is 108 Å². The number of ether oxygens (including phenoxy) is 1. The summed E-state index contributed by atoms with van der Waals surface area (Å²) in [6, 6.07) is 31.7. The molecule has 1 atom stereocenters. The predicted molar refractivity (Wildman–Crippen MR) is 142 cm³/mol. The van der Waals surface area contributed by atoms with Crippen molar-refractivity contribution in [2.75, 3.05) is 7.11 Å². The van der Waals surface area contributed by atoms with Gasteiger partial charge < -0.3 is 10.1 Å². The summed E-state index contributed by atoms with van der Waals surface area (Å²) in [5.41, 5.74) is 5.65. The molecule has 0 aliphatic rings. The molecule has 1 unspecified atom stereocenters. The molecule has 5 rings (SSSR count). The molecule has 2 aromatic heterocycles. The molecule has 6 heteroatoms. The van der Waals surface area contributed by atoms with Crippen molar-refractivity contribution in [3.8, 4) is 28.3 Å². The Morgan fingerprint density at radius 3 is 2.39 bits per heavy atom. The van der Waals surface area contributed by atoms with Gasteiger partial charge in [-0.1, -0.05) is 72.8 Å². The molecule has 180 valence electrons. The Morgan fingerprint density at radius 2 is 1.64 bits per heavy atom. The van der Waals surface area contributed by atoms with E-state index in [0.29, 0.717) is 11.3 Å². The Balaban J connectivity index is 1.48. The van der Waals surface area contributed by atoms with E-state index in [1.165, 1.54) is 5.56 Å². The molecule has 0 spiro atoms. The number of hydrogen-bond donors (Lipinski definition) is 1. The second kappa shape index (κ2) is 10.4. The molecule has 0 saturated heterocycles. The summed E-state index contributed by atoms with van der Waals surface area (Å²) in [5.74, 6) is 0.526. The molecule has 5 aromatic rings. The van der Waals surface area contributed by atoms with E-state index in [1.54, 1.807) is 17.7 Å². The van der Waals surface area contributed by atoms with Crippen LogP contribution in [-0.2, 0) is 6.42 Å². The maximum Gasteiger partial charge on any atom is 0.270 e. The third-order valence-electron chi connectivity index (χ3n) is 6.18. The highest BCUT2D eigenvalue weighted by Gasteiger charge is 2.18. The number of nitrogens with one attached hydrogen (secondary N) is 1. The minimum Gasteiger partial charge on any atom is -0.497 e. The van der Waals surface area contributed by atoms with Gasteiger partial charge in [0.2, 0.25) is 0 Å². The van der Waals surface area contributed by atoms with Gasteiger partial charge in [-0.05, 0) is 43.5 Å². The number of rotatable bonds is 8. The number of aromatic nitrogens is 3. The largest absolute Gasteiger partial charge is 0.497 e. The van der Waals surface area contributed by atoms with E-state index in [-0.39, 0.29) is 11.9 Å². The van der Waals surface area contributed by atoms with Crippen molar-refractivity contribution in [2.24, 2.45) is 0 Å². The van der Waals surface area contributed by atoms with Crippen molar-refractivity contribution in [1.82, 2.24) is 19.9 Å². The van der Waals surface area contributed by atoms with E-state index in [9.17, 15) is 4.79 Å². The molecule has 0 aliphatic heterocycles. The fraction of sp³-hybridized carbons (Fsp3) is 0.167. The van der Waals surface area contributed by atoms with Crippen molar-refractivity contribution < 1.29 is 9.53 Å². The zero-order valence-corrected chi connectivity index (χ0v) is 20.4. The Hall–Kier alpha value is -4.45. The fourth-order valence-electron chi connectivity index (χ4n) is 4.23. The first-order valence-corrected chi connectivity index (χ1v) is 12.1. The molecule has 1 amide bonds. The Bertz CT molecular complexity index is 1480. The van der Waals surface area contributed by atoms with Crippen LogP contribution in [0.4, 0.5) is 0 Å². The van der Waals surface area contributed by atoms with Gasteiger partial charge >= 0.3 is 0 Å². The topological polar surface area (TPSA) is 68.5 Å². The Morgan fingerprint density at radius 1 is 0.917 bits per heavy atom. The van der Waals surface area contributed by atoms with Crippen LogP contribution in [0.1, 0.15) is 29.4 Å². The summed E-state index contributed by atoms with van der Waals surface area (Å²) in [5, 5.41) is 7.94. The Kier molecular flexibility index (Phi) is 6.76. The van der Waals surface area contributed by atoms with Gasteiger partial charge in [-0.3, -0.25) is 4.79 Å². The highest BCUT2D eigenvalue weighted by Crippen LogP contribution is 2.27. The van der Waals surface area contributed by atoms with E-state index in [1.807, 2.05) is 85.8 Å². The lowest BCUT2D eigenvalue weighted by molar-refractivity contribution is 0.0933. The molecule has 0 saturated carbocycles. The third-order valence-corrected chi connectivity index (χ3v) is 6.18. The summed E-state index contributed by atoms with van der Waals surface area (Å²) in [4.78, 5) is 17.9. The van der Waals surface area contributed by atoms with E-state index in [4.69, 9.17) is 9.84 Å². The van der Waals surface area contributed by atoms with Gasteiger partial charge in [-0.2, -0.15) is 5.10 Å². The van der Waals surface area contributed by atoms with Crippen LogP contribution in [0.15, 0.2) is 97.1 Å². The first-order chi connectivity index (χ1) is 17.6. The Labute approximate surface area is 210 Å². The third kappa shape index (κ3) is 5.13. The van der Waals surface area contributed by atoms with Crippen LogP contribution in [0.2, 0.25) is 0 Å². The van der Waals surface area contributed by atoms with Crippen molar-refractivity contribution >= 4 is 11.6 Å². The smallest absolute Gasteiger partial charge is 0.270 e. The van der Waals surface area contributed by atoms with Crippen molar-refractivity contribution in [1.29, 1.82) is 0 Å². The summed E-state index contributed by atoms with van der Waals surface area (Å²) in [7, 11) is 1.64. The number of benzene rings is 3. The first-order valence-electron chi connectivity index (χ1n) is 12.1. The number of hydrogen-bond acceptors (Lipinski definition) is 4. The molecule has 36 heavy (non-hydrogen) atoms. The number of carbonyl (C=O) groups excluding carboxylic acids is 1. The SMILES string of the molecule is COc1cccc(-c2cc(C(=O)NC(C)CCc3ccccc3)nc3cc(-c4ccccc4)nn23)c1. The van der Waals surface area contributed by atoms with Gasteiger partial charge in [0.1, 0.15) is 11.4 Å². The first kappa shape index (κ1) is 23.3. The lowest BCUT2D eigenvalue weighted by Gasteiger charge is -2.15. The minimum atomic E-state index is -0.204. The van der Waals surface area contributed by atoms with Gasteiger partial charge in [0.05, 0.1) is 18.5 Å². The summed E-state index contributed by atoms with van der Waals surface area (Å²) in [6.45, 7) is 2.02. The van der Waals surface area contributed by atoms with Crippen LogP contribution in [0.3, 0.4) is 0 Å². The van der Waals surface area contributed by atoms with Crippen LogP contribution >= 0.6 is 0 Å². The number of aryl methyl sites for hydroxylation is 1. The van der Waals surface area contributed by atoms with Crippen LogP contribution in [0, 0.1) is 0 Å². The number of methoxy groups -OCH3 is 1. The van der Waals surface area contributed by atoms with Gasteiger partial charge in [0.25, 0.3) is 5.91 Å². The van der Waals surface area contributed by atoms with Crippen molar-refractivity contribution in [3.63, 3.8) is 0 Å². The number of amides is 1. The van der Waals surface area contributed by atoms with Crippen molar-refractivity contribution in [2.45, 2.75) is 25.8 Å². The average molecular weight is 477 g/mol. The predicted octanol–water partition coefficient (Wildman–Crippen LogP) is 5.82. The van der Waals surface area contributed by atoms with Crippen LogP contribution in [0.25, 0.3) is 28.2 Å². The normalized spacial score (nSPS) is 11.8. The molecule has 1 N–H and O–H groups in total. The molecular weight excluding hydrogens is 448 g/mol. The minimum absolute atomic E-state index is 0.000734. The van der Waals surface area contributed by atoms with E-state index in [0.717, 1.165) is 41.1 Å². The van der Waals surface area contributed by atoms with Gasteiger partial charge in [-0.25, -0.2) is 9.50 Å². The lowest BCUT2D eigenvalue weighted by atomic mass is 10.1. The molecule has 3 aromatic carbocycles. The lowest BCUT2D eigenvalue weighted by Crippen LogP contribution is -2.33. The summed E-state index contributed by atoms with van der Waals surface area (Å²) < 4.78 is 7.22. The molecule has 0 aliphatic carbocycles. The second-order valence-corrected chi connectivity index (χ2v) is 8.82. The van der Waals surface area contributed by atoms with E-state index < -0.39 is 0 Å². The molecule has 2 heterocycles. The number of nitrogens with zero attached hydrogens (tertiary/aromatic N) is 3. The monoisotopic (exact) mass is 476 g/mol. The van der Waals surface area contributed by atoms with Gasteiger partial charge in [0, 0.05) is 23.2 Å².